The van der Waals surface area contributed by atoms with Crippen LogP contribution in [-0.4, -0.2) is 33.9 Å². The zero-order chi connectivity index (χ0) is 27.0. The predicted octanol–water partition coefficient (Wildman–Crippen LogP) is 5.67. The minimum atomic E-state index is -4.53. The Bertz CT molecular complexity index is 1550. The second kappa shape index (κ2) is 9.64. The number of hydrogen-bond acceptors (Lipinski definition) is 6. The van der Waals surface area contributed by atoms with Crippen LogP contribution in [0, 0.1) is 6.92 Å². The van der Waals surface area contributed by atoms with Crippen molar-refractivity contribution in [3.8, 4) is 34.0 Å². The molecule has 1 aromatic carbocycles. The molecular formula is C26H24F3N5O2S. The molecule has 0 bridgehead atoms. The first-order valence-electron chi connectivity index (χ1n) is 11.2. The smallest absolute Gasteiger partial charge is 0.251 e. The third-order valence-electron chi connectivity index (χ3n) is 5.06. The number of nitrogens with zero attached hydrogens (tertiary/aromatic N) is 4. The van der Waals surface area contributed by atoms with Crippen molar-refractivity contribution in [2.24, 2.45) is 0 Å². The number of halogens is 3. The molecule has 0 fully saturated rings. The van der Waals surface area contributed by atoms with Crippen molar-refractivity contribution < 1.29 is 21.6 Å². The topological polar surface area (TPSA) is 97.7 Å². The van der Waals surface area contributed by atoms with Crippen LogP contribution >= 0.6 is 0 Å². The van der Waals surface area contributed by atoms with Gasteiger partial charge in [0.15, 0.2) is 5.82 Å². The highest BCUT2D eigenvalue weighted by atomic mass is 32.2. The minimum absolute atomic E-state index is 0.107. The Morgan fingerprint density at radius 1 is 0.784 bits per heavy atom. The Morgan fingerprint density at radius 2 is 1.49 bits per heavy atom. The molecular weight excluding hydrogens is 503 g/mol. The second-order valence-corrected chi connectivity index (χ2v) is 11.1. The van der Waals surface area contributed by atoms with Gasteiger partial charge in [0.2, 0.25) is 10.0 Å². The lowest BCUT2D eigenvalue weighted by atomic mass is 10.1. The van der Waals surface area contributed by atoms with E-state index in [-0.39, 0.29) is 10.7 Å². The van der Waals surface area contributed by atoms with Crippen LogP contribution in [-0.2, 0) is 16.2 Å². The van der Waals surface area contributed by atoms with E-state index in [2.05, 4.69) is 24.7 Å². The number of aryl methyl sites for hydroxylation is 1. The van der Waals surface area contributed by atoms with E-state index < -0.39 is 27.4 Å². The van der Waals surface area contributed by atoms with Gasteiger partial charge in [-0.1, -0.05) is 18.2 Å². The molecule has 3 heterocycles. The fourth-order valence-corrected chi connectivity index (χ4v) is 5.01. The monoisotopic (exact) mass is 527 g/mol. The van der Waals surface area contributed by atoms with E-state index in [4.69, 9.17) is 0 Å². The first-order valence-corrected chi connectivity index (χ1v) is 12.7. The molecule has 7 nitrogen and oxygen atoms in total. The number of rotatable bonds is 5. The molecule has 0 saturated carbocycles. The Labute approximate surface area is 212 Å². The summed E-state index contributed by atoms with van der Waals surface area (Å²) in [7, 11) is -3.74. The first kappa shape index (κ1) is 26.4. The van der Waals surface area contributed by atoms with Crippen molar-refractivity contribution in [2.45, 2.75) is 44.3 Å². The molecule has 0 aliphatic carbocycles. The maximum absolute atomic E-state index is 12.9. The lowest BCUT2D eigenvalue weighted by Crippen LogP contribution is -2.40. The van der Waals surface area contributed by atoms with Crippen molar-refractivity contribution in [3.63, 3.8) is 0 Å². The van der Waals surface area contributed by atoms with Gasteiger partial charge in [0.05, 0.1) is 16.3 Å². The molecule has 0 amide bonds. The average molecular weight is 528 g/mol. The van der Waals surface area contributed by atoms with Crippen molar-refractivity contribution >= 4 is 10.0 Å². The summed E-state index contributed by atoms with van der Waals surface area (Å²) in [4.78, 5) is 17.2. The molecule has 0 radical (unpaired) electrons. The lowest BCUT2D eigenvalue weighted by Gasteiger charge is -2.20. The Hall–Kier alpha value is -3.70. The van der Waals surface area contributed by atoms with Crippen LogP contribution in [0.5, 0.6) is 0 Å². The Morgan fingerprint density at radius 3 is 2.14 bits per heavy atom. The van der Waals surface area contributed by atoms with Gasteiger partial charge in [-0.2, -0.15) is 13.2 Å². The molecule has 0 saturated heterocycles. The zero-order valence-corrected chi connectivity index (χ0v) is 21.3. The second-order valence-electron chi connectivity index (χ2n) is 9.44. The zero-order valence-electron chi connectivity index (χ0n) is 20.5. The standard InChI is InChI=1S/C26H24F3N5O2S/c1-16-13-22(18-11-12-23(30-15-18)26(27,28)29)33-24(31-16)21-10-6-9-20(32-21)17-7-5-8-19(14-17)37(35,36)34-25(2,3)4/h5-15,34H,1-4H3. The molecule has 11 heteroatoms. The molecule has 4 rings (SSSR count). The van der Waals surface area contributed by atoms with Crippen LogP contribution in [0.3, 0.4) is 0 Å². The van der Waals surface area contributed by atoms with Gasteiger partial charge in [-0.05, 0) is 70.2 Å². The third-order valence-corrected chi connectivity index (χ3v) is 6.82. The van der Waals surface area contributed by atoms with E-state index in [1.807, 2.05) is 0 Å². The summed E-state index contributed by atoms with van der Waals surface area (Å²) in [6.45, 7) is 7.02. The van der Waals surface area contributed by atoms with E-state index in [9.17, 15) is 21.6 Å². The first-order chi connectivity index (χ1) is 17.2. The molecule has 3 aromatic heterocycles. The summed E-state index contributed by atoms with van der Waals surface area (Å²) in [6, 6.07) is 15.5. The van der Waals surface area contributed by atoms with Crippen molar-refractivity contribution in [1.29, 1.82) is 0 Å². The van der Waals surface area contributed by atoms with Crippen LogP contribution in [0.25, 0.3) is 34.0 Å². The maximum Gasteiger partial charge on any atom is 0.433 e. The molecule has 4 aromatic rings. The summed E-state index contributed by atoms with van der Waals surface area (Å²) in [5, 5.41) is 0. The van der Waals surface area contributed by atoms with E-state index in [1.54, 1.807) is 64.1 Å². The molecule has 0 spiro atoms. The van der Waals surface area contributed by atoms with Gasteiger partial charge in [0.25, 0.3) is 0 Å². The van der Waals surface area contributed by atoms with Crippen LogP contribution in [0.1, 0.15) is 32.2 Å². The summed E-state index contributed by atoms with van der Waals surface area (Å²) < 4.78 is 66.8. The molecule has 1 N–H and O–H groups in total. The Balaban J connectivity index is 1.70. The van der Waals surface area contributed by atoms with Crippen LogP contribution in [0.4, 0.5) is 13.2 Å². The maximum atomic E-state index is 12.9. The quantitative estimate of drug-likeness (QED) is 0.359. The van der Waals surface area contributed by atoms with Gasteiger partial charge in [-0.3, -0.25) is 4.98 Å². The lowest BCUT2D eigenvalue weighted by molar-refractivity contribution is -0.141. The van der Waals surface area contributed by atoms with Crippen LogP contribution < -0.4 is 4.72 Å². The number of nitrogens with one attached hydrogen (secondary N) is 1. The summed E-state index contributed by atoms with van der Waals surface area (Å²) >= 11 is 0. The van der Waals surface area contributed by atoms with Gasteiger partial charge in [-0.15, -0.1) is 0 Å². The number of benzene rings is 1. The van der Waals surface area contributed by atoms with Crippen LogP contribution in [0.2, 0.25) is 0 Å². The minimum Gasteiger partial charge on any atom is -0.251 e. The summed E-state index contributed by atoms with van der Waals surface area (Å²) in [6.07, 6.45) is -3.41. The number of aromatic nitrogens is 4. The fraction of sp³-hybridized carbons (Fsp3) is 0.231. The van der Waals surface area contributed by atoms with Gasteiger partial charge in [-0.25, -0.2) is 28.1 Å². The largest absolute Gasteiger partial charge is 0.433 e. The van der Waals surface area contributed by atoms with E-state index >= 15 is 0 Å². The highest BCUT2D eigenvalue weighted by Gasteiger charge is 2.32. The predicted molar refractivity (Wildman–Crippen MR) is 134 cm³/mol. The SMILES string of the molecule is Cc1cc(-c2ccc(C(F)(F)F)nc2)nc(-c2cccc(-c3cccc(S(=O)(=O)NC(C)(C)C)c3)n2)n1. The summed E-state index contributed by atoms with van der Waals surface area (Å²) in [5.74, 6) is 0.273. The van der Waals surface area contributed by atoms with E-state index in [0.717, 1.165) is 12.3 Å². The summed E-state index contributed by atoms with van der Waals surface area (Å²) in [5.41, 5.74) is 1.27. The molecule has 37 heavy (non-hydrogen) atoms. The van der Waals surface area contributed by atoms with Gasteiger partial charge in [0.1, 0.15) is 11.4 Å². The number of sulfonamides is 1. The molecule has 0 aliphatic heterocycles. The Kier molecular flexibility index (Phi) is 6.87. The highest BCUT2D eigenvalue weighted by molar-refractivity contribution is 7.89. The molecule has 192 valence electrons. The van der Waals surface area contributed by atoms with Crippen molar-refractivity contribution in [3.05, 3.63) is 78.2 Å². The number of pyridine rings is 2. The molecule has 0 aliphatic rings. The van der Waals surface area contributed by atoms with Gasteiger partial charge < -0.3 is 0 Å². The van der Waals surface area contributed by atoms with Crippen molar-refractivity contribution in [1.82, 2.24) is 24.7 Å². The van der Waals surface area contributed by atoms with Gasteiger partial charge in [0, 0.05) is 28.6 Å². The fourth-order valence-electron chi connectivity index (χ4n) is 3.55. The van der Waals surface area contributed by atoms with Crippen molar-refractivity contribution in [2.75, 3.05) is 0 Å². The van der Waals surface area contributed by atoms with Crippen LogP contribution in [0.15, 0.2) is 71.8 Å². The number of alkyl halides is 3. The number of hydrogen-bond donors (Lipinski definition) is 1. The van der Waals surface area contributed by atoms with E-state index in [0.29, 0.717) is 33.9 Å². The van der Waals surface area contributed by atoms with E-state index in [1.165, 1.54) is 18.2 Å². The molecule has 0 atom stereocenters. The highest BCUT2D eigenvalue weighted by Crippen LogP contribution is 2.29. The normalized spacial score (nSPS) is 12.5. The van der Waals surface area contributed by atoms with Gasteiger partial charge >= 0.3 is 6.18 Å². The average Bonchev–Trinajstić information content (AvgIpc) is 2.82. The third kappa shape index (κ3) is 6.36. The molecule has 0 unspecified atom stereocenters.